The summed E-state index contributed by atoms with van der Waals surface area (Å²) in [6.07, 6.45) is 0. The molecular formula is C12H21ClN4O2. The fraction of sp³-hybridized carbons (Fsp3) is 0.667. The van der Waals surface area contributed by atoms with Crippen LogP contribution in [0.1, 0.15) is 13.8 Å². The molecule has 0 saturated heterocycles. The molecule has 19 heavy (non-hydrogen) atoms. The second-order valence-corrected chi connectivity index (χ2v) is 4.79. The standard InChI is InChI=1S/C12H21ClN4O2/c1-8(6-18-3)14-11-5-10(13)16-12(17-11)15-9(2)7-19-4/h5,8-9H,6-7H2,1-4H3,(H2,14,15,16,17). The van der Waals surface area contributed by atoms with Gasteiger partial charge in [0.15, 0.2) is 0 Å². The Bertz CT molecular complexity index is 360. The van der Waals surface area contributed by atoms with E-state index >= 15 is 0 Å². The van der Waals surface area contributed by atoms with Gasteiger partial charge in [-0.1, -0.05) is 11.6 Å². The lowest BCUT2D eigenvalue weighted by atomic mass is 10.3. The number of ether oxygens (including phenoxy) is 2. The van der Waals surface area contributed by atoms with Crippen LogP contribution in [-0.2, 0) is 9.47 Å². The van der Waals surface area contributed by atoms with Gasteiger partial charge in [0.1, 0.15) is 11.0 Å². The summed E-state index contributed by atoms with van der Waals surface area (Å²) in [4.78, 5) is 8.47. The van der Waals surface area contributed by atoms with Crippen LogP contribution in [0.5, 0.6) is 0 Å². The first-order valence-corrected chi connectivity index (χ1v) is 6.48. The van der Waals surface area contributed by atoms with E-state index in [1.807, 2.05) is 13.8 Å². The molecular weight excluding hydrogens is 268 g/mol. The van der Waals surface area contributed by atoms with Crippen LogP contribution >= 0.6 is 11.6 Å². The zero-order valence-electron chi connectivity index (χ0n) is 11.7. The van der Waals surface area contributed by atoms with Crippen molar-refractivity contribution >= 4 is 23.4 Å². The molecule has 1 aromatic rings. The van der Waals surface area contributed by atoms with Gasteiger partial charge in [-0.25, -0.2) is 4.98 Å². The largest absolute Gasteiger partial charge is 0.383 e. The number of aromatic nitrogens is 2. The van der Waals surface area contributed by atoms with E-state index in [1.54, 1.807) is 20.3 Å². The first kappa shape index (κ1) is 15.9. The van der Waals surface area contributed by atoms with Crippen molar-refractivity contribution in [3.05, 3.63) is 11.2 Å². The van der Waals surface area contributed by atoms with E-state index in [2.05, 4.69) is 20.6 Å². The van der Waals surface area contributed by atoms with Crippen LogP contribution < -0.4 is 10.6 Å². The average Bonchev–Trinajstić information content (AvgIpc) is 2.28. The molecule has 108 valence electrons. The summed E-state index contributed by atoms with van der Waals surface area (Å²) in [6, 6.07) is 1.92. The van der Waals surface area contributed by atoms with E-state index in [0.29, 0.717) is 30.1 Å². The van der Waals surface area contributed by atoms with E-state index in [0.717, 1.165) is 0 Å². The fourth-order valence-electron chi connectivity index (χ4n) is 1.61. The van der Waals surface area contributed by atoms with Crippen LogP contribution in [0, 0.1) is 0 Å². The Hall–Kier alpha value is -1.11. The number of halogens is 1. The van der Waals surface area contributed by atoms with Gasteiger partial charge in [-0.15, -0.1) is 0 Å². The molecule has 1 rings (SSSR count). The highest BCUT2D eigenvalue weighted by molar-refractivity contribution is 6.29. The third-order valence-electron chi connectivity index (χ3n) is 2.30. The first-order chi connectivity index (χ1) is 9.05. The smallest absolute Gasteiger partial charge is 0.226 e. The molecule has 6 nitrogen and oxygen atoms in total. The van der Waals surface area contributed by atoms with Crippen molar-refractivity contribution in [3.8, 4) is 0 Å². The van der Waals surface area contributed by atoms with Gasteiger partial charge >= 0.3 is 0 Å². The molecule has 2 unspecified atom stereocenters. The normalized spacial score (nSPS) is 13.9. The topological polar surface area (TPSA) is 68.3 Å². The summed E-state index contributed by atoms with van der Waals surface area (Å²) >= 11 is 5.98. The molecule has 0 saturated carbocycles. The first-order valence-electron chi connectivity index (χ1n) is 6.10. The maximum Gasteiger partial charge on any atom is 0.226 e. The van der Waals surface area contributed by atoms with Crippen LogP contribution in [-0.4, -0.2) is 49.5 Å². The molecule has 0 aliphatic rings. The van der Waals surface area contributed by atoms with Gasteiger partial charge in [0.2, 0.25) is 5.95 Å². The third-order valence-corrected chi connectivity index (χ3v) is 2.49. The zero-order chi connectivity index (χ0) is 14.3. The molecule has 1 aromatic heterocycles. The number of rotatable bonds is 8. The highest BCUT2D eigenvalue weighted by Crippen LogP contribution is 2.15. The van der Waals surface area contributed by atoms with Gasteiger partial charge < -0.3 is 20.1 Å². The Balaban J connectivity index is 2.70. The second kappa shape index (κ2) is 8.14. The maximum atomic E-state index is 5.98. The number of anilines is 2. The molecule has 2 N–H and O–H groups in total. The average molecular weight is 289 g/mol. The molecule has 0 spiro atoms. The summed E-state index contributed by atoms with van der Waals surface area (Å²) in [7, 11) is 3.31. The molecule has 1 heterocycles. The quantitative estimate of drug-likeness (QED) is 0.714. The lowest BCUT2D eigenvalue weighted by molar-refractivity contribution is 0.190. The van der Waals surface area contributed by atoms with Crippen LogP contribution in [0.3, 0.4) is 0 Å². The minimum atomic E-state index is 0.104. The Morgan fingerprint density at radius 2 is 1.68 bits per heavy atom. The van der Waals surface area contributed by atoms with Crippen molar-refractivity contribution in [2.75, 3.05) is 38.1 Å². The van der Waals surface area contributed by atoms with Crippen LogP contribution in [0.15, 0.2) is 6.07 Å². The van der Waals surface area contributed by atoms with E-state index in [-0.39, 0.29) is 12.1 Å². The van der Waals surface area contributed by atoms with Gasteiger partial charge in [-0.05, 0) is 13.8 Å². The second-order valence-electron chi connectivity index (χ2n) is 4.40. The Kier molecular flexibility index (Phi) is 6.83. The molecule has 0 amide bonds. The monoisotopic (exact) mass is 288 g/mol. The maximum absolute atomic E-state index is 5.98. The van der Waals surface area contributed by atoms with E-state index < -0.39 is 0 Å². The number of nitrogens with one attached hydrogen (secondary N) is 2. The van der Waals surface area contributed by atoms with Crippen molar-refractivity contribution in [3.63, 3.8) is 0 Å². The van der Waals surface area contributed by atoms with Crippen molar-refractivity contribution < 1.29 is 9.47 Å². The molecule has 0 aromatic carbocycles. The number of methoxy groups -OCH3 is 2. The van der Waals surface area contributed by atoms with Gasteiger partial charge in [0.05, 0.1) is 13.2 Å². The van der Waals surface area contributed by atoms with Crippen LogP contribution in [0.4, 0.5) is 11.8 Å². The lowest BCUT2D eigenvalue weighted by Crippen LogP contribution is -2.24. The molecule has 0 fully saturated rings. The van der Waals surface area contributed by atoms with Crippen molar-refractivity contribution in [2.45, 2.75) is 25.9 Å². The predicted molar refractivity (Wildman–Crippen MR) is 77.0 cm³/mol. The Morgan fingerprint density at radius 3 is 2.26 bits per heavy atom. The van der Waals surface area contributed by atoms with Crippen molar-refractivity contribution in [1.82, 2.24) is 9.97 Å². The van der Waals surface area contributed by atoms with Gasteiger partial charge in [0.25, 0.3) is 0 Å². The molecule has 0 radical (unpaired) electrons. The SMILES string of the molecule is COCC(C)Nc1cc(Cl)nc(NC(C)COC)n1. The number of hydrogen-bond donors (Lipinski definition) is 2. The summed E-state index contributed by atoms with van der Waals surface area (Å²) in [5, 5.41) is 6.71. The highest BCUT2D eigenvalue weighted by atomic mass is 35.5. The van der Waals surface area contributed by atoms with Gasteiger partial charge in [-0.2, -0.15) is 4.98 Å². The molecule has 2 atom stereocenters. The molecule has 0 aliphatic heterocycles. The summed E-state index contributed by atoms with van der Waals surface area (Å²) in [5.41, 5.74) is 0. The van der Waals surface area contributed by atoms with Crippen LogP contribution in [0.2, 0.25) is 5.15 Å². The number of hydrogen-bond acceptors (Lipinski definition) is 6. The number of nitrogens with zero attached hydrogens (tertiary/aromatic N) is 2. The van der Waals surface area contributed by atoms with E-state index in [4.69, 9.17) is 21.1 Å². The summed E-state index contributed by atoms with van der Waals surface area (Å²) < 4.78 is 10.1. The van der Waals surface area contributed by atoms with E-state index in [1.165, 1.54) is 0 Å². The minimum Gasteiger partial charge on any atom is -0.383 e. The van der Waals surface area contributed by atoms with E-state index in [9.17, 15) is 0 Å². The van der Waals surface area contributed by atoms with Gasteiger partial charge in [-0.3, -0.25) is 0 Å². The Labute approximate surface area is 118 Å². The zero-order valence-corrected chi connectivity index (χ0v) is 12.5. The minimum absolute atomic E-state index is 0.104. The summed E-state index contributed by atoms with van der Waals surface area (Å²) in [6.45, 7) is 5.14. The lowest BCUT2D eigenvalue weighted by Gasteiger charge is -2.16. The molecule has 7 heteroatoms. The predicted octanol–water partition coefficient (Wildman–Crippen LogP) is 2.02. The summed E-state index contributed by atoms with van der Waals surface area (Å²) in [5.74, 6) is 1.14. The van der Waals surface area contributed by atoms with Crippen LogP contribution in [0.25, 0.3) is 0 Å². The van der Waals surface area contributed by atoms with Crippen molar-refractivity contribution in [2.24, 2.45) is 0 Å². The molecule has 0 aliphatic carbocycles. The molecule has 0 bridgehead atoms. The van der Waals surface area contributed by atoms with Crippen molar-refractivity contribution in [1.29, 1.82) is 0 Å². The highest BCUT2D eigenvalue weighted by Gasteiger charge is 2.09. The van der Waals surface area contributed by atoms with Gasteiger partial charge in [0, 0.05) is 32.4 Å². The Morgan fingerprint density at radius 1 is 1.11 bits per heavy atom. The third kappa shape index (κ3) is 6.04. The fourth-order valence-corrected chi connectivity index (χ4v) is 1.80.